The first kappa shape index (κ1) is 14.6. The van der Waals surface area contributed by atoms with Gasteiger partial charge in [-0.2, -0.15) is 0 Å². The summed E-state index contributed by atoms with van der Waals surface area (Å²) < 4.78 is 0. The van der Waals surface area contributed by atoms with Crippen LogP contribution in [0.5, 0.6) is 0 Å². The number of amides is 1. The van der Waals surface area contributed by atoms with E-state index in [1.54, 1.807) is 0 Å². The third kappa shape index (κ3) is 4.78. The van der Waals surface area contributed by atoms with Crippen LogP contribution in [0.1, 0.15) is 39.7 Å². The van der Waals surface area contributed by atoms with Gasteiger partial charge in [0.2, 0.25) is 5.91 Å². The number of benzene rings is 1. The number of hydrogen-bond acceptors (Lipinski definition) is 2. The second-order valence-electron chi connectivity index (χ2n) is 5.90. The van der Waals surface area contributed by atoms with Crippen molar-refractivity contribution in [1.29, 1.82) is 0 Å². The first-order valence-electron chi connectivity index (χ1n) is 6.43. The Balaban J connectivity index is 2.40. The van der Waals surface area contributed by atoms with Crippen molar-refractivity contribution in [2.45, 2.75) is 46.6 Å². The van der Waals surface area contributed by atoms with Gasteiger partial charge in [-0.15, -0.1) is 0 Å². The minimum absolute atomic E-state index is 0.0941. The third-order valence-corrected chi connectivity index (χ3v) is 3.30. The normalized spacial score (nSPS) is 13.1. The quantitative estimate of drug-likeness (QED) is 0.805. The molecule has 0 fully saturated rings. The summed E-state index contributed by atoms with van der Waals surface area (Å²) in [5.74, 6) is 0.106. The average Bonchev–Trinajstić information content (AvgIpc) is 2.27. The van der Waals surface area contributed by atoms with Gasteiger partial charge in [-0.3, -0.25) is 4.79 Å². The lowest BCUT2D eigenvalue weighted by atomic mass is 9.88. The molecule has 0 aliphatic rings. The van der Waals surface area contributed by atoms with Gasteiger partial charge in [-0.05, 0) is 36.5 Å². The standard InChI is InChI=1S/C15H24N2O/c1-11(15(2,3)4)17-14(18)10-7-12-5-8-13(16)9-6-12/h5-6,8-9,11H,7,10,16H2,1-4H3,(H,17,18). The van der Waals surface area contributed by atoms with E-state index in [-0.39, 0.29) is 17.4 Å². The SMILES string of the molecule is CC(NC(=O)CCc1ccc(N)cc1)C(C)(C)C. The predicted octanol–water partition coefficient (Wildman–Crippen LogP) is 2.75. The van der Waals surface area contributed by atoms with Crippen molar-refractivity contribution in [3.8, 4) is 0 Å². The maximum absolute atomic E-state index is 11.8. The van der Waals surface area contributed by atoms with Crippen molar-refractivity contribution >= 4 is 11.6 Å². The Morgan fingerprint density at radius 1 is 1.28 bits per heavy atom. The molecule has 0 bridgehead atoms. The van der Waals surface area contributed by atoms with Gasteiger partial charge in [0.15, 0.2) is 0 Å². The fourth-order valence-electron chi connectivity index (χ4n) is 1.47. The van der Waals surface area contributed by atoms with E-state index in [9.17, 15) is 4.79 Å². The predicted molar refractivity (Wildman–Crippen MR) is 76.2 cm³/mol. The molecule has 0 saturated carbocycles. The Morgan fingerprint density at radius 3 is 2.33 bits per heavy atom. The van der Waals surface area contributed by atoms with E-state index in [0.717, 1.165) is 17.7 Å². The van der Waals surface area contributed by atoms with Crippen molar-refractivity contribution in [2.75, 3.05) is 5.73 Å². The molecule has 3 nitrogen and oxygen atoms in total. The molecule has 1 atom stereocenters. The molecule has 0 radical (unpaired) electrons. The first-order valence-corrected chi connectivity index (χ1v) is 6.43. The molecule has 1 aromatic carbocycles. The number of nitrogens with one attached hydrogen (secondary N) is 1. The van der Waals surface area contributed by atoms with Crippen molar-refractivity contribution in [3.63, 3.8) is 0 Å². The van der Waals surface area contributed by atoms with Gasteiger partial charge in [0.25, 0.3) is 0 Å². The summed E-state index contributed by atoms with van der Waals surface area (Å²) in [5, 5.41) is 3.04. The van der Waals surface area contributed by atoms with Crippen LogP contribution in [0.15, 0.2) is 24.3 Å². The highest BCUT2D eigenvalue weighted by atomic mass is 16.1. The molecule has 0 saturated heterocycles. The Labute approximate surface area is 110 Å². The molecule has 1 amide bonds. The minimum Gasteiger partial charge on any atom is -0.399 e. The maximum atomic E-state index is 11.8. The number of rotatable bonds is 4. The summed E-state index contributed by atoms with van der Waals surface area (Å²) in [6.07, 6.45) is 1.27. The van der Waals surface area contributed by atoms with Gasteiger partial charge >= 0.3 is 0 Å². The van der Waals surface area contributed by atoms with Crippen LogP contribution in [0.3, 0.4) is 0 Å². The van der Waals surface area contributed by atoms with Crippen LogP contribution in [0.4, 0.5) is 5.69 Å². The van der Waals surface area contributed by atoms with Crippen LogP contribution in [-0.2, 0) is 11.2 Å². The zero-order valence-electron chi connectivity index (χ0n) is 11.8. The van der Waals surface area contributed by atoms with Crippen molar-refractivity contribution in [1.82, 2.24) is 5.32 Å². The molecule has 100 valence electrons. The summed E-state index contributed by atoms with van der Waals surface area (Å²) in [4.78, 5) is 11.8. The van der Waals surface area contributed by atoms with Crippen LogP contribution >= 0.6 is 0 Å². The second kappa shape index (κ2) is 5.89. The number of aryl methyl sites for hydroxylation is 1. The lowest BCUT2D eigenvalue weighted by molar-refractivity contribution is -0.122. The number of anilines is 1. The minimum atomic E-state index is 0.0941. The highest BCUT2D eigenvalue weighted by molar-refractivity contribution is 5.76. The van der Waals surface area contributed by atoms with Crippen LogP contribution in [0.2, 0.25) is 0 Å². The summed E-state index contributed by atoms with van der Waals surface area (Å²) in [7, 11) is 0. The summed E-state index contributed by atoms with van der Waals surface area (Å²) >= 11 is 0. The lowest BCUT2D eigenvalue weighted by Crippen LogP contribution is -2.41. The van der Waals surface area contributed by atoms with Crippen LogP contribution < -0.4 is 11.1 Å². The Hall–Kier alpha value is -1.51. The van der Waals surface area contributed by atoms with Crippen molar-refractivity contribution < 1.29 is 4.79 Å². The smallest absolute Gasteiger partial charge is 0.220 e. The van der Waals surface area contributed by atoms with Gasteiger partial charge < -0.3 is 11.1 Å². The Kier molecular flexibility index (Phi) is 4.76. The molecule has 3 heteroatoms. The molecule has 0 aliphatic carbocycles. The number of carbonyl (C=O) groups is 1. The van der Waals surface area contributed by atoms with E-state index in [1.807, 2.05) is 31.2 Å². The highest BCUT2D eigenvalue weighted by Gasteiger charge is 2.21. The third-order valence-electron chi connectivity index (χ3n) is 3.30. The summed E-state index contributed by atoms with van der Waals surface area (Å²) in [5.41, 5.74) is 7.61. The molecule has 0 aromatic heterocycles. The van der Waals surface area contributed by atoms with Crippen LogP contribution in [-0.4, -0.2) is 11.9 Å². The van der Waals surface area contributed by atoms with E-state index >= 15 is 0 Å². The molecule has 3 N–H and O–H groups in total. The summed E-state index contributed by atoms with van der Waals surface area (Å²) in [6, 6.07) is 7.85. The topological polar surface area (TPSA) is 55.1 Å². The van der Waals surface area contributed by atoms with Gasteiger partial charge in [0.1, 0.15) is 0 Å². The van der Waals surface area contributed by atoms with Gasteiger partial charge in [0.05, 0.1) is 0 Å². The van der Waals surface area contributed by atoms with E-state index in [0.29, 0.717) is 6.42 Å². The second-order valence-corrected chi connectivity index (χ2v) is 5.90. The molecule has 0 heterocycles. The average molecular weight is 248 g/mol. The van der Waals surface area contributed by atoms with Gasteiger partial charge in [-0.1, -0.05) is 32.9 Å². The van der Waals surface area contributed by atoms with Gasteiger partial charge in [-0.25, -0.2) is 0 Å². The van der Waals surface area contributed by atoms with E-state index in [1.165, 1.54) is 0 Å². The Bertz CT molecular complexity index is 390. The molecule has 18 heavy (non-hydrogen) atoms. The zero-order chi connectivity index (χ0) is 13.8. The molecular formula is C15H24N2O. The molecule has 0 aliphatic heterocycles. The van der Waals surface area contributed by atoms with Crippen molar-refractivity contribution in [3.05, 3.63) is 29.8 Å². The molecule has 0 spiro atoms. The number of nitrogen functional groups attached to an aromatic ring is 1. The number of hydrogen-bond donors (Lipinski definition) is 2. The molecule has 1 aromatic rings. The largest absolute Gasteiger partial charge is 0.399 e. The van der Waals surface area contributed by atoms with Crippen LogP contribution in [0, 0.1) is 5.41 Å². The maximum Gasteiger partial charge on any atom is 0.220 e. The number of nitrogens with two attached hydrogens (primary N) is 1. The van der Waals surface area contributed by atoms with Crippen LogP contribution in [0.25, 0.3) is 0 Å². The molecule has 1 rings (SSSR count). The zero-order valence-corrected chi connectivity index (χ0v) is 11.8. The van der Waals surface area contributed by atoms with E-state index in [2.05, 4.69) is 26.1 Å². The fraction of sp³-hybridized carbons (Fsp3) is 0.533. The molecule has 1 unspecified atom stereocenters. The first-order chi connectivity index (χ1) is 8.29. The van der Waals surface area contributed by atoms with Gasteiger partial charge in [0, 0.05) is 18.2 Å². The van der Waals surface area contributed by atoms with E-state index < -0.39 is 0 Å². The Morgan fingerprint density at radius 2 is 1.83 bits per heavy atom. The van der Waals surface area contributed by atoms with E-state index in [4.69, 9.17) is 5.73 Å². The lowest BCUT2D eigenvalue weighted by Gasteiger charge is -2.28. The summed E-state index contributed by atoms with van der Waals surface area (Å²) in [6.45, 7) is 8.41. The monoisotopic (exact) mass is 248 g/mol. The fourth-order valence-corrected chi connectivity index (χ4v) is 1.47. The number of carbonyl (C=O) groups excluding carboxylic acids is 1. The molecular weight excluding hydrogens is 224 g/mol. The van der Waals surface area contributed by atoms with Crippen molar-refractivity contribution in [2.24, 2.45) is 5.41 Å². The highest BCUT2D eigenvalue weighted by Crippen LogP contribution is 2.18.